The van der Waals surface area contributed by atoms with Crippen LogP contribution in [0.25, 0.3) is 0 Å². The van der Waals surface area contributed by atoms with Gasteiger partial charge in [0.05, 0.1) is 13.2 Å². The van der Waals surface area contributed by atoms with Crippen molar-refractivity contribution in [3.05, 3.63) is 84.0 Å². The first-order valence-electron chi connectivity index (χ1n) is 12.4. The maximum Gasteiger partial charge on any atom is 0.302 e. The molecule has 2 aromatic rings. The first kappa shape index (κ1) is 28.8. The number of esters is 1. The molecule has 4 nitrogen and oxygen atoms in total. The summed E-state index contributed by atoms with van der Waals surface area (Å²) in [4.78, 5) is 11.7. The van der Waals surface area contributed by atoms with E-state index in [-0.39, 0.29) is 29.6 Å². The van der Waals surface area contributed by atoms with Gasteiger partial charge in [-0.25, -0.2) is 0 Å². The van der Waals surface area contributed by atoms with Crippen LogP contribution >= 0.6 is 0 Å². The van der Waals surface area contributed by atoms with Crippen LogP contribution in [0.4, 0.5) is 0 Å². The highest BCUT2D eigenvalue weighted by Gasteiger charge is 2.50. The van der Waals surface area contributed by atoms with E-state index in [0.29, 0.717) is 13.0 Å². The van der Waals surface area contributed by atoms with Crippen LogP contribution in [-0.2, 0) is 14.0 Å². The molecule has 1 N–H and O–H groups in total. The molecule has 2 aromatic carbocycles. The van der Waals surface area contributed by atoms with Gasteiger partial charge < -0.3 is 14.3 Å². The predicted molar refractivity (Wildman–Crippen MR) is 148 cm³/mol. The molecule has 0 bridgehead atoms. The standard InChI is InChI=1S/C30H42O4Si/c1-23(18-19-31)21-29(34-26(4)32)25(3)20-24(2)22-33-35(30(5,6)7,27-14-10-8-11-15-27)28-16-12-9-13-17-28/h8-18,20,25,29,31H,19,21-22H2,1-7H3/b23-18-,24-20+/t25-,29-/m1/s1. The summed E-state index contributed by atoms with van der Waals surface area (Å²) >= 11 is 0. The summed E-state index contributed by atoms with van der Waals surface area (Å²) in [5.41, 5.74) is 2.10. The molecule has 2 atom stereocenters. The van der Waals surface area contributed by atoms with Gasteiger partial charge in [-0.1, -0.05) is 112 Å². The predicted octanol–water partition coefficient (Wildman–Crippen LogP) is 5.41. The number of aliphatic hydroxyl groups excluding tert-OH is 1. The Bertz CT molecular complexity index is 951. The number of ether oxygens (including phenoxy) is 1. The summed E-state index contributed by atoms with van der Waals surface area (Å²) in [5.74, 6) is -0.294. The number of hydrogen-bond donors (Lipinski definition) is 1. The lowest BCUT2D eigenvalue weighted by molar-refractivity contribution is -0.147. The minimum absolute atomic E-state index is 0.00342. The molecule has 0 fully saturated rings. The van der Waals surface area contributed by atoms with Crippen molar-refractivity contribution in [3.8, 4) is 0 Å². The van der Waals surface area contributed by atoms with E-state index in [2.05, 4.69) is 89.2 Å². The summed E-state index contributed by atoms with van der Waals surface area (Å²) in [5, 5.41) is 11.6. The van der Waals surface area contributed by atoms with Gasteiger partial charge in [0.1, 0.15) is 6.10 Å². The number of carbonyl (C=O) groups excluding carboxylic acids is 1. The zero-order valence-corrected chi connectivity index (χ0v) is 23.4. The first-order chi connectivity index (χ1) is 16.5. The van der Waals surface area contributed by atoms with E-state index in [1.807, 2.05) is 19.1 Å². The van der Waals surface area contributed by atoms with E-state index in [1.54, 1.807) is 6.08 Å². The molecule has 190 valence electrons. The molecule has 0 aliphatic heterocycles. The molecule has 0 saturated heterocycles. The van der Waals surface area contributed by atoms with E-state index < -0.39 is 8.32 Å². The summed E-state index contributed by atoms with van der Waals surface area (Å²) in [6, 6.07) is 21.2. The van der Waals surface area contributed by atoms with Gasteiger partial charge in [0.15, 0.2) is 0 Å². The number of aliphatic hydroxyl groups is 1. The number of rotatable bonds is 11. The first-order valence-corrected chi connectivity index (χ1v) is 14.3. The lowest BCUT2D eigenvalue weighted by Gasteiger charge is -2.43. The molecule has 0 aliphatic rings. The summed E-state index contributed by atoms with van der Waals surface area (Å²) < 4.78 is 12.7. The molecule has 5 heteroatoms. The van der Waals surface area contributed by atoms with Gasteiger partial charge in [0, 0.05) is 19.3 Å². The second-order valence-corrected chi connectivity index (χ2v) is 14.7. The van der Waals surface area contributed by atoms with E-state index >= 15 is 0 Å². The van der Waals surface area contributed by atoms with Gasteiger partial charge in [-0.2, -0.15) is 0 Å². The largest absolute Gasteiger partial charge is 0.462 e. The van der Waals surface area contributed by atoms with Gasteiger partial charge in [-0.3, -0.25) is 4.79 Å². The average Bonchev–Trinajstić information content (AvgIpc) is 2.79. The number of carbonyl (C=O) groups is 1. The molecular weight excluding hydrogens is 452 g/mol. The van der Waals surface area contributed by atoms with Crippen LogP contribution in [-0.4, -0.2) is 38.7 Å². The number of benzene rings is 2. The SMILES string of the molecule is CC(=O)O[C@H](C/C(C)=C\CO)[C@H](C)/C=C(\C)CO[Si](c1ccccc1)(c1ccccc1)C(C)(C)C. The normalized spacial score (nSPS) is 15.0. The lowest BCUT2D eigenvalue weighted by atomic mass is 9.96. The van der Waals surface area contributed by atoms with Crippen molar-refractivity contribution in [3.63, 3.8) is 0 Å². The fourth-order valence-corrected chi connectivity index (χ4v) is 9.29. The Labute approximate surface area is 212 Å². The average molecular weight is 495 g/mol. The molecule has 2 rings (SSSR count). The highest BCUT2D eigenvalue weighted by molar-refractivity contribution is 6.99. The van der Waals surface area contributed by atoms with Crippen molar-refractivity contribution >= 4 is 24.7 Å². The van der Waals surface area contributed by atoms with Crippen LogP contribution in [0.1, 0.15) is 54.9 Å². The molecule has 0 spiro atoms. The number of hydrogen-bond acceptors (Lipinski definition) is 4. The van der Waals surface area contributed by atoms with Gasteiger partial charge in [-0.05, 0) is 29.3 Å². The molecular formula is C30H42O4Si. The zero-order chi connectivity index (χ0) is 26.1. The van der Waals surface area contributed by atoms with Gasteiger partial charge in [0.25, 0.3) is 8.32 Å². The summed E-state index contributed by atoms with van der Waals surface area (Å²) in [6.07, 6.45) is 4.20. The Morgan fingerprint density at radius 2 is 1.46 bits per heavy atom. The molecule has 0 heterocycles. The molecule has 0 radical (unpaired) electrons. The fraction of sp³-hybridized carbons (Fsp3) is 0.433. The van der Waals surface area contributed by atoms with Crippen LogP contribution in [0, 0.1) is 5.92 Å². The Morgan fingerprint density at radius 3 is 1.89 bits per heavy atom. The maximum atomic E-state index is 11.7. The highest BCUT2D eigenvalue weighted by atomic mass is 28.4. The van der Waals surface area contributed by atoms with Crippen LogP contribution in [0.2, 0.25) is 5.04 Å². The second kappa shape index (κ2) is 13.0. The Hall–Kier alpha value is -2.47. The molecule has 0 unspecified atom stereocenters. The molecule has 35 heavy (non-hydrogen) atoms. The van der Waals surface area contributed by atoms with Crippen molar-refractivity contribution in [2.24, 2.45) is 5.92 Å². The fourth-order valence-electron chi connectivity index (χ4n) is 4.69. The summed E-state index contributed by atoms with van der Waals surface area (Å²) in [7, 11) is -2.62. The summed E-state index contributed by atoms with van der Waals surface area (Å²) in [6.45, 7) is 14.8. The van der Waals surface area contributed by atoms with Crippen molar-refractivity contribution in [1.29, 1.82) is 0 Å². The third kappa shape index (κ3) is 7.76. The van der Waals surface area contributed by atoms with E-state index in [4.69, 9.17) is 9.16 Å². The topological polar surface area (TPSA) is 55.8 Å². The molecule has 0 amide bonds. The quantitative estimate of drug-likeness (QED) is 0.258. The van der Waals surface area contributed by atoms with Crippen LogP contribution in [0.5, 0.6) is 0 Å². The highest BCUT2D eigenvalue weighted by Crippen LogP contribution is 2.37. The smallest absolute Gasteiger partial charge is 0.302 e. The monoisotopic (exact) mass is 494 g/mol. The molecule has 0 saturated carbocycles. The van der Waals surface area contributed by atoms with E-state index in [9.17, 15) is 9.90 Å². The van der Waals surface area contributed by atoms with Crippen LogP contribution in [0.15, 0.2) is 84.0 Å². The van der Waals surface area contributed by atoms with Crippen molar-refractivity contribution < 1.29 is 19.1 Å². The Balaban J connectivity index is 2.38. The zero-order valence-electron chi connectivity index (χ0n) is 22.4. The third-order valence-electron chi connectivity index (χ3n) is 6.35. The second-order valence-electron chi connectivity index (χ2n) is 10.4. The van der Waals surface area contributed by atoms with Gasteiger partial charge in [-0.15, -0.1) is 0 Å². The maximum absolute atomic E-state index is 11.7. The van der Waals surface area contributed by atoms with Gasteiger partial charge in [0.2, 0.25) is 0 Å². The molecule has 0 aliphatic carbocycles. The van der Waals surface area contributed by atoms with Crippen LogP contribution < -0.4 is 10.4 Å². The minimum Gasteiger partial charge on any atom is -0.462 e. The van der Waals surface area contributed by atoms with Crippen molar-refractivity contribution in [2.75, 3.05) is 13.2 Å². The van der Waals surface area contributed by atoms with E-state index in [1.165, 1.54) is 17.3 Å². The molecule has 0 aromatic heterocycles. The van der Waals surface area contributed by atoms with Crippen molar-refractivity contribution in [2.45, 2.75) is 66.0 Å². The Morgan fingerprint density at radius 1 is 0.943 bits per heavy atom. The van der Waals surface area contributed by atoms with Gasteiger partial charge >= 0.3 is 5.97 Å². The van der Waals surface area contributed by atoms with Crippen molar-refractivity contribution in [1.82, 2.24) is 0 Å². The van der Waals surface area contributed by atoms with Crippen LogP contribution in [0.3, 0.4) is 0 Å². The minimum atomic E-state index is -2.62. The lowest BCUT2D eigenvalue weighted by Crippen LogP contribution is -2.66. The third-order valence-corrected chi connectivity index (χ3v) is 11.3. The van der Waals surface area contributed by atoms with E-state index in [0.717, 1.165) is 11.1 Å². The Kier molecular flexibility index (Phi) is 10.7.